The van der Waals surface area contributed by atoms with Gasteiger partial charge in [0, 0.05) is 24.1 Å². The van der Waals surface area contributed by atoms with Gasteiger partial charge in [-0.1, -0.05) is 157 Å². The highest BCUT2D eigenvalue weighted by atomic mass is 33.1. The Morgan fingerprint density at radius 3 is 1.77 bits per heavy atom. The first-order valence-corrected chi connectivity index (χ1v) is 20.2. The van der Waals surface area contributed by atoms with Crippen LogP contribution in [-0.4, -0.2) is 36.0 Å². The summed E-state index contributed by atoms with van der Waals surface area (Å²) in [6.45, 7) is 19.3. The number of hydrogen-bond donors (Lipinski definition) is 0. The molecule has 0 aliphatic rings. The molecule has 0 fully saturated rings. The van der Waals surface area contributed by atoms with Crippen LogP contribution in [0.25, 0.3) is 0 Å². The first-order valence-electron chi connectivity index (χ1n) is 17.7. The van der Waals surface area contributed by atoms with Gasteiger partial charge in [0.05, 0.1) is 0 Å². The van der Waals surface area contributed by atoms with Gasteiger partial charge in [0.25, 0.3) is 0 Å². The lowest BCUT2D eigenvalue weighted by Crippen LogP contribution is -2.30. The van der Waals surface area contributed by atoms with E-state index in [1.54, 1.807) is 0 Å². The summed E-state index contributed by atoms with van der Waals surface area (Å²) < 4.78 is 0. The molecular weight excluding hydrogens is 523 g/mol. The molecule has 0 rings (SSSR count). The van der Waals surface area contributed by atoms with Gasteiger partial charge in [-0.05, 0) is 77.7 Å². The van der Waals surface area contributed by atoms with Gasteiger partial charge < -0.3 is 4.90 Å². The highest BCUT2D eigenvalue weighted by Gasteiger charge is 2.10. The Kier molecular flexibility index (Phi) is 30.7. The largest absolute Gasteiger partial charge is 0.303 e. The second-order valence-electron chi connectivity index (χ2n) is 12.7. The van der Waals surface area contributed by atoms with E-state index < -0.39 is 0 Å². The third-order valence-electron chi connectivity index (χ3n) is 8.73. The Hall–Kier alpha value is 0.140. The lowest BCUT2D eigenvalue weighted by Gasteiger charge is -2.25. The predicted molar refractivity (Wildman–Crippen MR) is 192 cm³/mol. The van der Waals surface area contributed by atoms with E-state index in [1.165, 1.54) is 170 Å². The van der Waals surface area contributed by atoms with Crippen LogP contribution in [0.1, 0.15) is 175 Å². The number of nitrogens with zero attached hydrogens (tertiary/aromatic N) is 1. The van der Waals surface area contributed by atoms with Crippen LogP contribution in [0.2, 0.25) is 0 Å². The van der Waals surface area contributed by atoms with E-state index >= 15 is 0 Å². The first kappa shape index (κ1) is 40.1. The van der Waals surface area contributed by atoms with Crippen molar-refractivity contribution in [1.82, 2.24) is 4.90 Å². The molecule has 0 aromatic rings. The fraction of sp³-hybridized carbons (Fsp3) is 0.892. The molecule has 0 heterocycles. The molecule has 1 nitrogen and oxygen atoms in total. The molecule has 0 N–H and O–H groups in total. The van der Waals surface area contributed by atoms with Gasteiger partial charge in [0.1, 0.15) is 0 Å². The third kappa shape index (κ3) is 27.0. The number of hydrogen-bond acceptors (Lipinski definition) is 3. The van der Waals surface area contributed by atoms with Gasteiger partial charge in [0.2, 0.25) is 0 Å². The molecule has 0 aliphatic carbocycles. The van der Waals surface area contributed by atoms with Crippen LogP contribution in [0, 0.1) is 5.92 Å². The minimum Gasteiger partial charge on any atom is -0.303 e. The summed E-state index contributed by atoms with van der Waals surface area (Å²) in [5.41, 5.74) is 2.97. The maximum absolute atomic E-state index is 4.44. The normalized spacial score (nSPS) is 13.2. The van der Waals surface area contributed by atoms with E-state index in [1.807, 2.05) is 10.8 Å². The quantitative estimate of drug-likeness (QED) is 0.0432. The zero-order chi connectivity index (χ0) is 29.7. The van der Waals surface area contributed by atoms with Crippen LogP contribution in [-0.2, 0) is 0 Å². The molecular formula is C37H73NS2. The fourth-order valence-corrected chi connectivity index (χ4v) is 7.76. The summed E-state index contributed by atoms with van der Waals surface area (Å²) in [6, 6.07) is 0.689. The predicted octanol–water partition coefficient (Wildman–Crippen LogP) is 13.4. The molecule has 0 saturated carbocycles. The van der Waals surface area contributed by atoms with E-state index in [2.05, 4.69) is 63.6 Å². The van der Waals surface area contributed by atoms with Gasteiger partial charge in [-0.25, -0.2) is 0 Å². The minimum absolute atomic E-state index is 0.689. The molecule has 0 radical (unpaired) electrons. The van der Waals surface area contributed by atoms with Gasteiger partial charge in [-0.15, -0.1) is 0 Å². The van der Waals surface area contributed by atoms with Crippen molar-refractivity contribution in [3.05, 3.63) is 24.3 Å². The molecule has 0 amide bonds. The molecule has 3 heteroatoms. The van der Waals surface area contributed by atoms with Crippen LogP contribution >= 0.6 is 21.6 Å². The zero-order valence-electron chi connectivity index (χ0n) is 28.2. The molecule has 0 aromatic heterocycles. The summed E-state index contributed by atoms with van der Waals surface area (Å²) in [7, 11) is 6.41. The van der Waals surface area contributed by atoms with E-state index in [9.17, 15) is 0 Å². The number of unbranched alkanes of at least 4 members (excludes halogenated alkanes) is 10. The second kappa shape index (κ2) is 30.6. The smallest absolute Gasteiger partial charge is 0.00640 e. The lowest BCUT2D eigenvalue weighted by atomic mass is 9.89. The SMILES string of the molecule is C=C(CCCCCCCCC(C)N(C)CCC(=C)CCCSSCCCC)CCC(CCCC)CCCCCC. The van der Waals surface area contributed by atoms with Gasteiger partial charge in [0.15, 0.2) is 0 Å². The standard InChI is InChI=1S/C37H73NS2/c1-8-11-14-21-27-37(26-12-9-2)29-28-34(4)23-19-17-15-16-18-20-25-36(6)38(7)31-30-35(5)24-22-33-40-39-32-13-10-3/h36-37H,4-5,8-33H2,1-3,6-7H3. The van der Waals surface area contributed by atoms with Crippen molar-refractivity contribution in [2.24, 2.45) is 5.92 Å². The topological polar surface area (TPSA) is 3.24 Å². The van der Waals surface area contributed by atoms with Gasteiger partial charge >= 0.3 is 0 Å². The van der Waals surface area contributed by atoms with Crippen molar-refractivity contribution in [2.45, 2.75) is 181 Å². The van der Waals surface area contributed by atoms with Crippen molar-refractivity contribution >= 4 is 21.6 Å². The highest BCUT2D eigenvalue weighted by molar-refractivity contribution is 8.76. The molecule has 0 aromatic carbocycles. The summed E-state index contributed by atoms with van der Waals surface area (Å²) in [5.74, 6) is 3.52. The first-order chi connectivity index (χ1) is 19.4. The summed E-state index contributed by atoms with van der Waals surface area (Å²) >= 11 is 0. The maximum Gasteiger partial charge on any atom is 0.00640 e. The zero-order valence-corrected chi connectivity index (χ0v) is 29.9. The van der Waals surface area contributed by atoms with Crippen LogP contribution < -0.4 is 0 Å². The van der Waals surface area contributed by atoms with Crippen LogP contribution in [0.5, 0.6) is 0 Å². The van der Waals surface area contributed by atoms with Crippen molar-refractivity contribution < 1.29 is 0 Å². The molecule has 2 unspecified atom stereocenters. The van der Waals surface area contributed by atoms with Crippen molar-refractivity contribution in [3.8, 4) is 0 Å². The Morgan fingerprint density at radius 2 is 1.07 bits per heavy atom. The van der Waals surface area contributed by atoms with Crippen LogP contribution in [0.3, 0.4) is 0 Å². The average Bonchev–Trinajstić information content (AvgIpc) is 2.95. The van der Waals surface area contributed by atoms with E-state index in [4.69, 9.17) is 0 Å². The molecule has 0 aliphatic heterocycles. The maximum atomic E-state index is 4.44. The fourth-order valence-electron chi connectivity index (χ4n) is 5.44. The molecule has 0 spiro atoms. The van der Waals surface area contributed by atoms with Crippen molar-refractivity contribution in [2.75, 3.05) is 25.1 Å². The van der Waals surface area contributed by atoms with Crippen LogP contribution in [0.4, 0.5) is 0 Å². The summed E-state index contributed by atoms with van der Waals surface area (Å²) in [5, 5.41) is 0. The van der Waals surface area contributed by atoms with E-state index in [0.29, 0.717) is 6.04 Å². The minimum atomic E-state index is 0.689. The average molecular weight is 596 g/mol. The summed E-state index contributed by atoms with van der Waals surface area (Å²) in [4.78, 5) is 2.56. The Balaban J connectivity index is 3.72. The molecule has 238 valence electrons. The third-order valence-corrected chi connectivity index (χ3v) is 11.3. The van der Waals surface area contributed by atoms with Gasteiger partial charge in [-0.3, -0.25) is 0 Å². The number of allylic oxidation sites excluding steroid dienone is 1. The lowest BCUT2D eigenvalue weighted by molar-refractivity contribution is 0.243. The monoisotopic (exact) mass is 596 g/mol. The van der Waals surface area contributed by atoms with E-state index in [0.717, 1.165) is 12.3 Å². The highest BCUT2D eigenvalue weighted by Crippen LogP contribution is 2.26. The Morgan fingerprint density at radius 1 is 0.550 bits per heavy atom. The Labute approximate surface area is 262 Å². The summed E-state index contributed by atoms with van der Waals surface area (Å²) in [6.07, 6.45) is 31.2. The van der Waals surface area contributed by atoms with Crippen molar-refractivity contribution in [3.63, 3.8) is 0 Å². The Bertz CT molecular complexity index is 560. The molecule has 0 bridgehead atoms. The van der Waals surface area contributed by atoms with E-state index in [-0.39, 0.29) is 0 Å². The number of rotatable bonds is 32. The molecule has 40 heavy (non-hydrogen) atoms. The molecule has 0 saturated heterocycles. The molecule has 2 atom stereocenters. The van der Waals surface area contributed by atoms with Crippen molar-refractivity contribution in [1.29, 1.82) is 0 Å². The van der Waals surface area contributed by atoms with Crippen LogP contribution in [0.15, 0.2) is 24.3 Å². The van der Waals surface area contributed by atoms with Gasteiger partial charge in [-0.2, -0.15) is 0 Å². The second-order valence-corrected chi connectivity index (χ2v) is 15.4.